The summed E-state index contributed by atoms with van der Waals surface area (Å²) in [7, 11) is 0. The number of hydrogen-bond acceptors (Lipinski definition) is 2. The molecule has 0 aromatic heterocycles. The van der Waals surface area contributed by atoms with Crippen LogP contribution in [-0.2, 0) is 11.2 Å². The number of aliphatic hydroxyl groups is 1. The lowest BCUT2D eigenvalue weighted by molar-refractivity contribution is -0.136. The predicted octanol–water partition coefficient (Wildman–Crippen LogP) is 2.95. The van der Waals surface area contributed by atoms with Crippen LogP contribution in [0.3, 0.4) is 0 Å². The van der Waals surface area contributed by atoms with Crippen molar-refractivity contribution in [1.82, 2.24) is 0 Å². The molecule has 1 fully saturated rings. The molecule has 0 amide bonds. The zero-order valence-corrected chi connectivity index (χ0v) is 10.5. The zero-order valence-electron chi connectivity index (χ0n) is 9.75. The minimum atomic E-state index is -0.721. The molecule has 0 radical (unpaired) electrons. The van der Waals surface area contributed by atoms with E-state index in [2.05, 4.69) is 0 Å². The summed E-state index contributed by atoms with van der Waals surface area (Å²) < 4.78 is 18.4. The Labute approximate surface area is 105 Å². The summed E-state index contributed by atoms with van der Waals surface area (Å²) in [5.74, 6) is -0.428. The van der Waals surface area contributed by atoms with Crippen molar-refractivity contribution < 1.29 is 14.2 Å². The Morgan fingerprint density at radius 3 is 2.82 bits per heavy atom. The largest absolute Gasteiger partial charge is 0.389 e. The van der Waals surface area contributed by atoms with Gasteiger partial charge in [0.1, 0.15) is 5.82 Å². The minimum absolute atomic E-state index is 0.104. The molecular formula is C13H16ClFO2. The number of hydrogen-bond donors (Lipinski definition) is 1. The molecule has 1 aliphatic rings. The van der Waals surface area contributed by atoms with Crippen molar-refractivity contribution in [3.63, 3.8) is 0 Å². The predicted molar refractivity (Wildman–Crippen MR) is 64.7 cm³/mol. The van der Waals surface area contributed by atoms with Gasteiger partial charge in [0.05, 0.1) is 16.7 Å². The Morgan fingerprint density at radius 1 is 1.53 bits per heavy atom. The Kier molecular flexibility index (Phi) is 3.71. The van der Waals surface area contributed by atoms with Crippen LogP contribution in [0.2, 0.25) is 5.02 Å². The second-order valence-electron chi connectivity index (χ2n) is 4.64. The van der Waals surface area contributed by atoms with Crippen LogP contribution in [0.1, 0.15) is 25.3 Å². The van der Waals surface area contributed by atoms with Crippen LogP contribution in [0.15, 0.2) is 18.2 Å². The third kappa shape index (κ3) is 2.97. The summed E-state index contributed by atoms with van der Waals surface area (Å²) in [6.07, 6.45) is 1.92. The highest BCUT2D eigenvalue weighted by molar-refractivity contribution is 6.30. The standard InChI is InChI=1S/C13H16ClFO2/c1-2-17-10-7-13(16,8-10)6-9-3-4-12(15)11(14)5-9/h3-5,10,16H,2,6-8H2,1H3. The lowest BCUT2D eigenvalue weighted by atomic mass is 9.73. The quantitative estimate of drug-likeness (QED) is 0.900. The van der Waals surface area contributed by atoms with E-state index in [4.69, 9.17) is 16.3 Å². The van der Waals surface area contributed by atoms with Crippen LogP contribution in [0.5, 0.6) is 0 Å². The number of benzene rings is 1. The van der Waals surface area contributed by atoms with Crippen LogP contribution >= 0.6 is 11.6 Å². The highest BCUT2D eigenvalue weighted by Crippen LogP contribution is 2.37. The van der Waals surface area contributed by atoms with E-state index in [0.29, 0.717) is 25.9 Å². The molecule has 0 aliphatic heterocycles. The molecule has 0 atom stereocenters. The van der Waals surface area contributed by atoms with E-state index in [1.54, 1.807) is 12.1 Å². The van der Waals surface area contributed by atoms with Crippen LogP contribution in [0, 0.1) is 5.82 Å². The monoisotopic (exact) mass is 258 g/mol. The van der Waals surface area contributed by atoms with E-state index in [0.717, 1.165) is 5.56 Å². The average molecular weight is 259 g/mol. The fourth-order valence-corrected chi connectivity index (χ4v) is 2.52. The third-order valence-electron chi connectivity index (χ3n) is 3.13. The first-order chi connectivity index (χ1) is 8.02. The molecule has 1 aromatic carbocycles. The summed E-state index contributed by atoms with van der Waals surface area (Å²) in [6.45, 7) is 2.61. The molecule has 0 heterocycles. The molecule has 1 saturated carbocycles. The molecule has 0 saturated heterocycles. The highest BCUT2D eigenvalue weighted by Gasteiger charge is 2.43. The molecule has 1 aliphatic carbocycles. The summed E-state index contributed by atoms with van der Waals surface area (Å²) >= 11 is 5.70. The third-order valence-corrected chi connectivity index (χ3v) is 3.42. The van der Waals surface area contributed by atoms with Gasteiger partial charge in [0.25, 0.3) is 0 Å². The molecule has 94 valence electrons. The molecule has 2 nitrogen and oxygen atoms in total. The SMILES string of the molecule is CCOC1CC(O)(Cc2ccc(F)c(Cl)c2)C1. The summed E-state index contributed by atoms with van der Waals surface area (Å²) in [6, 6.07) is 4.57. The van der Waals surface area contributed by atoms with Gasteiger partial charge in [-0.05, 0) is 24.6 Å². The van der Waals surface area contributed by atoms with Gasteiger partial charge in [-0.15, -0.1) is 0 Å². The topological polar surface area (TPSA) is 29.5 Å². The molecule has 4 heteroatoms. The van der Waals surface area contributed by atoms with E-state index in [9.17, 15) is 9.50 Å². The lowest BCUT2D eigenvalue weighted by Crippen LogP contribution is -2.49. The number of halogens is 2. The molecule has 0 spiro atoms. The Balaban J connectivity index is 1.95. The van der Waals surface area contributed by atoms with Gasteiger partial charge in [-0.3, -0.25) is 0 Å². The van der Waals surface area contributed by atoms with E-state index < -0.39 is 11.4 Å². The van der Waals surface area contributed by atoms with Crippen molar-refractivity contribution in [3.8, 4) is 0 Å². The van der Waals surface area contributed by atoms with Crippen molar-refractivity contribution in [3.05, 3.63) is 34.6 Å². The summed E-state index contributed by atoms with van der Waals surface area (Å²) in [4.78, 5) is 0. The maximum atomic E-state index is 13.0. The van der Waals surface area contributed by atoms with Gasteiger partial charge in [-0.2, -0.15) is 0 Å². The van der Waals surface area contributed by atoms with Crippen LogP contribution in [0.4, 0.5) is 4.39 Å². The molecule has 1 N–H and O–H groups in total. The van der Waals surface area contributed by atoms with E-state index in [-0.39, 0.29) is 11.1 Å². The normalized spacial score (nSPS) is 27.9. The van der Waals surface area contributed by atoms with Crippen LogP contribution < -0.4 is 0 Å². The molecular weight excluding hydrogens is 243 g/mol. The molecule has 0 bridgehead atoms. The van der Waals surface area contributed by atoms with Crippen molar-refractivity contribution in [2.75, 3.05) is 6.61 Å². The summed E-state index contributed by atoms with van der Waals surface area (Å²) in [5.41, 5.74) is 0.134. The molecule has 2 rings (SSSR count). The second kappa shape index (κ2) is 4.92. The van der Waals surface area contributed by atoms with Crippen LogP contribution in [0.25, 0.3) is 0 Å². The summed E-state index contributed by atoms with van der Waals surface area (Å²) in [5, 5.41) is 10.3. The minimum Gasteiger partial charge on any atom is -0.389 e. The maximum Gasteiger partial charge on any atom is 0.141 e. The Morgan fingerprint density at radius 2 is 2.24 bits per heavy atom. The molecule has 17 heavy (non-hydrogen) atoms. The van der Waals surface area contributed by atoms with Gasteiger partial charge in [-0.25, -0.2) is 4.39 Å². The van der Waals surface area contributed by atoms with Gasteiger partial charge < -0.3 is 9.84 Å². The first-order valence-electron chi connectivity index (χ1n) is 5.80. The first-order valence-corrected chi connectivity index (χ1v) is 6.18. The lowest BCUT2D eigenvalue weighted by Gasteiger charge is -2.43. The van der Waals surface area contributed by atoms with E-state index in [1.165, 1.54) is 6.07 Å². The zero-order chi connectivity index (χ0) is 12.5. The van der Waals surface area contributed by atoms with Crippen molar-refractivity contribution >= 4 is 11.6 Å². The van der Waals surface area contributed by atoms with Gasteiger partial charge in [0, 0.05) is 25.9 Å². The van der Waals surface area contributed by atoms with Crippen molar-refractivity contribution in [2.45, 2.75) is 37.9 Å². The average Bonchev–Trinajstić information content (AvgIpc) is 2.22. The fourth-order valence-electron chi connectivity index (χ4n) is 2.32. The number of ether oxygens (including phenoxy) is 1. The van der Waals surface area contributed by atoms with Gasteiger partial charge in [0.2, 0.25) is 0 Å². The highest BCUT2D eigenvalue weighted by atomic mass is 35.5. The van der Waals surface area contributed by atoms with Crippen molar-refractivity contribution in [1.29, 1.82) is 0 Å². The first kappa shape index (κ1) is 12.8. The second-order valence-corrected chi connectivity index (χ2v) is 5.04. The van der Waals surface area contributed by atoms with Gasteiger partial charge in [-0.1, -0.05) is 17.7 Å². The van der Waals surface area contributed by atoms with E-state index in [1.807, 2.05) is 6.92 Å². The van der Waals surface area contributed by atoms with Gasteiger partial charge >= 0.3 is 0 Å². The molecule has 0 unspecified atom stereocenters. The smallest absolute Gasteiger partial charge is 0.141 e. The number of rotatable bonds is 4. The fraction of sp³-hybridized carbons (Fsp3) is 0.538. The Hall–Kier alpha value is -0.640. The maximum absolute atomic E-state index is 13.0. The van der Waals surface area contributed by atoms with Crippen molar-refractivity contribution in [2.24, 2.45) is 0 Å². The molecule has 1 aromatic rings. The van der Waals surface area contributed by atoms with Crippen LogP contribution in [-0.4, -0.2) is 23.4 Å². The van der Waals surface area contributed by atoms with Gasteiger partial charge in [0.15, 0.2) is 0 Å². The van der Waals surface area contributed by atoms with E-state index >= 15 is 0 Å². The Bertz CT molecular complexity index is 402.